The Bertz CT molecular complexity index is 654. The number of methoxy groups -OCH3 is 1. The molecule has 0 saturated carbocycles. The van der Waals surface area contributed by atoms with E-state index in [4.69, 9.17) is 9.73 Å². The molecule has 1 unspecified atom stereocenters. The Morgan fingerprint density at radius 3 is 2.55 bits per heavy atom. The third kappa shape index (κ3) is 7.95. The number of aliphatic imine (C=N–C) groups is 1. The van der Waals surface area contributed by atoms with Gasteiger partial charge in [-0.25, -0.2) is 9.67 Å². The molecule has 1 heterocycles. The van der Waals surface area contributed by atoms with Crippen LogP contribution in [0.1, 0.15) is 57.7 Å². The molecule has 1 aromatic heterocycles. The van der Waals surface area contributed by atoms with Gasteiger partial charge in [0.05, 0.1) is 31.5 Å². The Balaban J connectivity index is 2.93. The highest BCUT2D eigenvalue weighted by atomic mass is 16.5. The number of likely N-dealkylation sites (N-methyl/N-ethyl adjacent to an activating group) is 1. The third-order valence-electron chi connectivity index (χ3n) is 5.10. The third-order valence-corrected chi connectivity index (χ3v) is 5.10. The van der Waals surface area contributed by atoms with E-state index in [0.29, 0.717) is 18.4 Å². The Hall–Kier alpha value is -2.25. The lowest BCUT2D eigenvalue weighted by Gasteiger charge is -2.19. The minimum atomic E-state index is 0.00531. The van der Waals surface area contributed by atoms with Crippen LogP contribution in [-0.4, -0.2) is 60.8 Å². The largest absolute Gasteiger partial charge is 0.481 e. The van der Waals surface area contributed by atoms with E-state index in [1.165, 1.54) is 19.3 Å². The number of unbranched alkanes of at least 4 members (excludes halogenated alkanes) is 1. The van der Waals surface area contributed by atoms with Gasteiger partial charge in [0.2, 0.25) is 11.8 Å². The molecule has 2 N–H and O–H groups in total. The molecule has 8 nitrogen and oxygen atoms in total. The van der Waals surface area contributed by atoms with Crippen LogP contribution in [0.15, 0.2) is 4.99 Å². The van der Waals surface area contributed by atoms with Crippen LogP contribution >= 0.6 is 0 Å². The molecule has 8 heteroatoms. The highest BCUT2D eigenvalue weighted by molar-refractivity contribution is 5.86. The molecule has 1 rings (SSSR count). The lowest BCUT2D eigenvalue weighted by atomic mass is 9.99. The molecule has 0 aromatic carbocycles. The van der Waals surface area contributed by atoms with Crippen LogP contribution < -0.4 is 15.4 Å². The van der Waals surface area contributed by atoms with E-state index in [-0.39, 0.29) is 12.5 Å². The summed E-state index contributed by atoms with van der Waals surface area (Å²) >= 11 is 0. The Morgan fingerprint density at radius 2 is 2.00 bits per heavy atom. The molecular formula is C21H40N6O2. The van der Waals surface area contributed by atoms with E-state index in [2.05, 4.69) is 36.5 Å². The smallest absolute Gasteiger partial charge is 0.241 e. The standard InChI is InChI=1S/C21H40N6O2/c1-8-11-12-16(9-2)13-22-21(24-15-19(28)26(4)5)23-14-17-18(10-3)25-27(6)20(17)29-7/h16H,8-15H2,1-7H3,(H2,22,23,24). The number of nitrogens with zero attached hydrogens (tertiary/aromatic N) is 4. The van der Waals surface area contributed by atoms with Crippen LogP contribution in [0, 0.1) is 5.92 Å². The van der Waals surface area contributed by atoms with E-state index in [9.17, 15) is 4.79 Å². The van der Waals surface area contributed by atoms with Crippen LogP contribution in [0.4, 0.5) is 0 Å². The van der Waals surface area contributed by atoms with Gasteiger partial charge >= 0.3 is 0 Å². The predicted molar refractivity (Wildman–Crippen MR) is 118 cm³/mol. The molecule has 0 radical (unpaired) electrons. The summed E-state index contributed by atoms with van der Waals surface area (Å²) in [4.78, 5) is 18.3. The molecule has 0 aliphatic heterocycles. The first-order chi connectivity index (χ1) is 13.9. The first-order valence-corrected chi connectivity index (χ1v) is 10.7. The van der Waals surface area contributed by atoms with Crippen molar-refractivity contribution in [1.82, 2.24) is 25.3 Å². The van der Waals surface area contributed by atoms with Gasteiger partial charge in [0.1, 0.15) is 0 Å². The van der Waals surface area contributed by atoms with Gasteiger partial charge in [-0.2, -0.15) is 5.10 Å². The molecule has 0 aliphatic carbocycles. The van der Waals surface area contributed by atoms with Crippen LogP contribution in [0.2, 0.25) is 0 Å². The second-order valence-electron chi connectivity index (χ2n) is 7.52. The normalized spacial score (nSPS) is 12.6. The Kier molecular flexibility index (Phi) is 11.2. The van der Waals surface area contributed by atoms with Gasteiger partial charge in [-0.15, -0.1) is 0 Å². The number of hydrogen-bond acceptors (Lipinski definition) is 4. The SMILES string of the molecule is CCCCC(CC)CNC(=NCc1c(CC)nn(C)c1OC)NCC(=O)N(C)C. The molecule has 0 spiro atoms. The summed E-state index contributed by atoms with van der Waals surface area (Å²) in [5.74, 6) is 1.96. The molecule has 0 bridgehead atoms. The van der Waals surface area contributed by atoms with E-state index >= 15 is 0 Å². The summed E-state index contributed by atoms with van der Waals surface area (Å²) in [6.07, 6.45) is 5.56. The summed E-state index contributed by atoms with van der Waals surface area (Å²) < 4.78 is 7.26. The molecule has 0 fully saturated rings. The van der Waals surface area contributed by atoms with Crippen molar-refractivity contribution < 1.29 is 9.53 Å². The lowest BCUT2D eigenvalue weighted by Crippen LogP contribution is -2.44. The summed E-state index contributed by atoms with van der Waals surface area (Å²) in [5.41, 5.74) is 1.96. The zero-order valence-electron chi connectivity index (χ0n) is 19.3. The predicted octanol–water partition coefficient (Wildman–Crippen LogP) is 2.33. The van der Waals surface area contributed by atoms with Crippen molar-refractivity contribution in [3.05, 3.63) is 11.3 Å². The van der Waals surface area contributed by atoms with Crippen molar-refractivity contribution in [2.24, 2.45) is 18.0 Å². The number of hydrogen-bond donors (Lipinski definition) is 2. The lowest BCUT2D eigenvalue weighted by molar-refractivity contribution is -0.127. The number of nitrogens with one attached hydrogen (secondary N) is 2. The zero-order chi connectivity index (χ0) is 21.8. The minimum absolute atomic E-state index is 0.00531. The molecule has 1 amide bonds. The highest BCUT2D eigenvalue weighted by Gasteiger charge is 2.16. The van der Waals surface area contributed by atoms with Gasteiger partial charge < -0.3 is 20.3 Å². The maximum absolute atomic E-state index is 12.0. The summed E-state index contributed by atoms with van der Waals surface area (Å²) in [7, 11) is 7.02. The molecule has 0 aliphatic rings. The molecule has 29 heavy (non-hydrogen) atoms. The quantitative estimate of drug-likeness (QED) is 0.410. The number of aromatic nitrogens is 2. The average Bonchev–Trinajstić information content (AvgIpc) is 3.03. The molecule has 166 valence electrons. The second kappa shape index (κ2) is 13.1. The van der Waals surface area contributed by atoms with E-state index < -0.39 is 0 Å². The Morgan fingerprint density at radius 1 is 1.28 bits per heavy atom. The highest BCUT2D eigenvalue weighted by Crippen LogP contribution is 2.22. The number of carbonyl (C=O) groups excluding carboxylic acids is 1. The first-order valence-electron chi connectivity index (χ1n) is 10.7. The van der Waals surface area contributed by atoms with E-state index in [0.717, 1.165) is 36.5 Å². The monoisotopic (exact) mass is 408 g/mol. The molecule has 1 aromatic rings. The van der Waals surface area contributed by atoms with Crippen LogP contribution in [0.25, 0.3) is 0 Å². The number of amides is 1. The summed E-state index contributed by atoms with van der Waals surface area (Å²) in [5, 5.41) is 11.1. The number of guanidine groups is 1. The van der Waals surface area contributed by atoms with Gasteiger partial charge in [0.15, 0.2) is 5.96 Å². The van der Waals surface area contributed by atoms with Gasteiger partial charge in [-0.3, -0.25) is 4.79 Å². The molecule has 1 atom stereocenters. The Labute approximate surface area is 176 Å². The number of carbonyl (C=O) groups is 1. The number of ether oxygens (including phenoxy) is 1. The van der Waals surface area contributed by atoms with Crippen LogP contribution in [0.3, 0.4) is 0 Å². The van der Waals surface area contributed by atoms with Gasteiger partial charge in [0.25, 0.3) is 0 Å². The molecule has 0 saturated heterocycles. The summed E-state index contributed by atoms with van der Waals surface area (Å²) in [6, 6.07) is 0. The van der Waals surface area contributed by atoms with Crippen LogP contribution in [0.5, 0.6) is 5.88 Å². The van der Waals surface area contributed by atoms with Crippen molar-refractivity contribution in [3.63, 3.8) is 0 Å². The second-order valence-corrected chi connectivity index (χ2v) is 7.52. The fourth-order valence-electron chi connectivity index (χ4n) is 3.14. The van der Waals surface area contributed by atoms with Gasteiger partial charge in [0, 0.05) is 27.7 Å². The average molecular weight is 409 g/mol. The fourth-order valence-corrected chi connectivity index (χ4v) is 3.14. The molecular weight excluding hydrogens is 368 g/mol. The van der Waals surface area contributed by atoms with E-state index in [1.54, 1.807) is 30.8 Å². The van der Waals surface area contributed by atoms with Crippen molar-refractivity contribution >= 4 is 11.9 Å². The van der Waals surface area contributed by atoms with Crippen molar-refractivity contribution in [1.29, 1.82) is 0 Å². The number of rotatable bonds is 12. The van der Waals surface area contributed by atoms with Gasteiger partial charge in [-0.05, 0) is 18.8 Å². The summed E-state index contributed by atoms with van der Waals surface area (Å²) in [6.45, 7) is 7.99. The van der Waals surface area contributed by atoms with Crippen molar-refractivity contribution in [2.75, 3.05) is 34.3 Å². The van der Waals surface area contributed by atoms with Crippen LogP contribution in [-0.2, 0) is 24.8 Å². The van der Waals surface area contributed by atoms with Crippen molar-refractivity contribution in [3.8, 4) is 5.88 Å². The topological polar surface area (TPSA) is 83.8 Å². The number of aryl methyl sites for hydroxylation is 2. The van der Waals surface area contributed by atoms with Gasteiger partial charge in [-0.1, -0.05) is 40.0 Å². The fraction of sp³-hybridized carbons (Fsp3) is 0.762. The van der Waals surface area contributed by atoms with Crippen molar-refractivity contribution in [2.45, 2.75) is 59.4 Å². The zero-order valence-corrected chi connectivity index (χ0v) is 19.3. The maximum atomic E-state index is 12.0. The maximum Gasteiger partial charge on any atom is 0.241 e. The minimum Gasteiger partial charge on any atom is -0.481 e. The first kappa shape index (κ1) is 24.8. The van der Waals surface area contributed by atoms with E-state index in [1.807, 2.05) is 7.05 Å².